The van der Waals surface area contributed by atoms with E-state index in [0.717, 1.165) is 23.9 Å². The first-order chi connectivity index (χ1) is 13.3. The SMILES string of the molecule is COc1cc(B2OC(C)(C)C(C)(C)O2)ccc1CN(C(=O)OC(C)(C)C)C1CC1. The highest BCUT2D eigenvalue weighted by atomic mass is 16.7. The fourth-order valence-corrected chi connectivity index (χ4v) is 3.25. The van der Waals surface area contributed by atoms with Crippen molar-refractivity contribution in [2.45, 2.75) is 90.7 Å². The Bertz CT molecular complexity index is 751. The van der Waals surface area contributed by atoms with Crippen molar-refractivity contribution in [2.24, 2.45) is 0 Å². The molecule has 29 heavy (non-hydrogen) atoms. The van der Waals surface area contributed by atoms with Crippen LogP contribution in [0.2, 0.25) is 0 Å². The summed E-state index contributed by atoms with van der Waals surface area (Å²) in [5.74, 6) is 0.714. The van der Waals surface area contributed by atoms with Gasteiger partial charge in [0.25, 0.3) is 0 Å². The molecule has 2 fully saturated rings. The van der Waals surface area contributed by atoms with Crippen LogP contribution in [0.3, 0.4) is 0 Å². The van der Waals surface area contributed by atoms with Gasteiger partial charge in [-0.25, -0.2) is 4.79 Å². The van der Waals surface area contributed by atoms with Crippen molar-refractivity contribution in [3.8, 4) is 5.75 Å². The molecule has 6 nitrogen and oxygen atoms in total. The summed E-state index contributed by atoms with van der Waals surface area (Å²) < 4.78 is 23.5. The molecule has 2 aliphatic rings. The molecule has 1 saturated heterocycles. The van der Waals surface area contributed by atoms with Crippen molar-refractivity contribution in [2.75, 3.05) is 7.11 Å². The molecule has 1 heterocycles. The van der Waals surface area contributed by atoms with Crippen molar-refractivity contribution < 1.29 is 23.6 Å². The standard InChI is InChI=1S/C22H34BNO5/c1-20(2,3)27-19(25)24(17-11-12-17)14-15-9-10-16(13-18(15)26-8)23-28-21(4,5)22(6,7)29-23/h9-10,13,17H,11-12,14H2,1-8H3. The number of methoxy groups -OCH3 is 1. The minimum absolute atomic E-state index is 0.234. The summed E-state index contributed by atoms with van der Waals surface area (Å²) in [7, 11) is 1.19. The average Bonchev–Trinajstić information content (AvgIpc) is 3.38. The van der Waals surface area contributed by atoms with Gasteiger partial charge in [0.15, 0.2) is 0 Å². The highest BCUT2D eigenvalue weighted by Crippen LogP contribution is 2.37. The number of nitrogens with zero attached hydrogens (tertiary/aromatic N) is 1. The van der Waals surface area contributed by atoms with E-state index in [1.807, 2.05) is 66.7 Å². The quantitative estimate of drug-likeness (QED) is 0.699. The Labute approximate surface area is 175 Å². The van der Waals surface area contributed by atoms with E-state index in [0.29, 0.717) is 12.3 Å². The van der Waals surface area contributed by atoms with E-state index in [2.05, 4.69) is 0 Å². The maximum absolute atomic E-state index is 12.7. The molecule has 0 bridgehead atoms. The first-order valence-corrected chi connectivity index (χ1v) is 10.3. The zero-order valence-electron chi connectivity index (χ0n) is 19.0. The molecule has 1 aliphatic heterocycles. The van der Waals surface area contributed by atoms with Crippen molar-refractivity contribution in [3.05, 3.63) is 23.8 Å². The lowest BCUT2D eigenvalue weighted by molar-refractivity contribution is 0.00578. The molecular weight excluding hydrogens is 369 g/mol. The second kappa shape index (κ2) is 7.51. The third-order valence-corrected chi connectivity index (χ3v) is 5.79. The van der Waals surface area contributed by atoms with Gasteiger partial charge < -0.3 is 23.7 Å². The van der Waals surface area contributed by atoms with E-state index in [1.54, 1.807) is 12.0 Å². The molecule has 0 radical (unpaired) electrons. The Hall–Kier alpha value is -1.73. The fourth-order valence-electron chi connectivity index (χ4n) is 3.25. The molecule has 0 N–H and O–H groups in total. The summed E-state index contributed by atoms with van der Waals surface area (Å²) in [6, 6.07) is 6.15. The van der Waals surface area contributed by atoms with Crippen molar-refractivity contribution in [1.29, 1.82) is 0 Å². The van der Waals surface area contributed by atoms with Crippen LogP contribution in [0.25, 0.3) is 0 Å². The smallest absolute Gasteiger partial charge is 0.494 e. The fraction of sp³-hybridized carbons (Fsp3) is 0.682. The van der Waals surface area contributed by atoms with Gasteiger partial charge in [0.1, 0.15) is 11.4 Å². The van der Waals surface area contributed by atoms with Crippen molar-refractivity contribution >= 4 is 18.7 Å². The van der Waals surface area contributed by atoms with Gasteiger partial charge in [0.2, 0.25) is 0 Å². The molecule has 1 aliphatic carbocycles. The van der Waals surface area contributed by atoms with Crippen LogP contribution in [0, 0.1) is 0 Å². The maximum atomic E-state index is 12.7. The highest BCUT2D eigenvalue weighted by Gasteiger charge is 2.51. The minimum Gasteiger partial charge on any atom is -0.496 e. The van der Waals surface area contributed by atoms with Crippen LogP contribution < -0.4 is 10.2 Å². The molecule has 3 rings (SSSR count). The Kier molecular flexibility index (Phi) is 5.69. The number of hydrogen-bond acceptors (Lipinski definition) is 5. The lowest BCUT2D eigenvalue weighted by Gasteiger charge is -2.32. The molecular formula is C22H34BNO5. The number of ether oxygens (including phenoxy) is 2. The van der Waals surface area contributed by atoms with E-state index in [9.17, 15) is 4.79 Å². The van der Waals surface area contributed by atoms with Crippen LogP contribution in [-0.2, 0) is 20.6 Å². The van der Waals surface area contributed by atoms with Crippen molar-refractivity contribution in [3.63, 3.8) is 0 Å². The van der Waals surface area contributed by atoms with E-state index >= 15 is 0 Å². The summed E-state index contributed by atoms with van der Waals surface area (Å²) in [6.45, 7) is 14.2. The number of benzene rings is 1. The van der Waals surface area contributed by atoms with Crippen molar-refractivity contribution in [1.82, 2.24) is 4.90 Å². The normalized spacial score (nSPS) is 20.5. The monoisotopic (exact) mass is 403 g/mol. The van der Waals surface area contributed by atoms with Gasteiger partial charge in [-0.15, -0.1) is 0 Å². The Morgan fingerprint density at radius 1 is 1.17 bits per heavy atom. The van der Waals surface area contributed by atoms with Gasteiger partial charge in [0, 0.05) is 11.6 Å². The third kappa shape index (κ3) is 4.89. The molecule has 0 atom stereocenters. The number of rotatable bonds is 5. The number of hydrogen-bond donors (Lipinski definition) is 0. The molecule has 1 aromatic rings. The largest absolute Gasteiger partial charge is 0.496 e. The van der Waals surface area contributed by atoms with Crippen LogP contribution in [0.5, 0.6) is 5.75 Å². The van der Waals surface area contributed by atoms with Crippen LogP contribution >= 0.6 is 0 Å². The second-order valence-electron chi connectivity index (χ2n) is 10.00. The lowest BCUT2D eigenvalue weighted by atomic mass is 9.78. The zero-order chi connectivity index (χ0) is 21.6. The predicted molar refractivity (Wildman–Crippen MR) is 114 cm³/mol. The molecule has 1 amide bonds. The Morgan fingerprint density at radius 2 is 1.76 bits per heavy atom. The molecule has 0 aromatic heterocycles. The molecule has 1 saturated carbocycles. The Balaban J connectivity index is 1.79. The van der Waals surface area contributed by atoms with Gasteiger partial charge >= 0.3 is 13.2 Å². The topological polar surface area (TPSA) is 57.2 Å². The lowest BCUT2D eigenvalue weighted by Crippen LogP contribution is -2.41. The molecule has 1 aromatic carbocycles. The van der Waals surface area contributed by atoms with E-state index in [4.69, 9.17) is 18.8 Å². The highest BCUT2D eigenvalue weighted by molar-refractivity contribution is 6.62. The number of carbonyl (C=O) groups is 1. The minimum atomic E-state index is -0.519. The second-order valence-corrected chi connectivity index (χ2v) is 10.00. The Morgan fingerprint density at radius 3 is 2.24 bits per heavy atom. The van der Waals surface area contributed by atoms with E-state index < -0.39 is 23.9 Å². The maximum Gasteiger partial charge on any atom is 0.494 e. The molecule has 7 heteroatoms. The van der Waals surface area contributed by atoms with Crippen LogP contribution in [-0.4, -0.2) is 48.1 Å². The van der Waals surface area contributed by atoms with E-state index in [-0.39, 0.29) is 12.1 Å². The van der Waals surface area contributed by atoms with Crippen LogP contribution in [0.1, 0.15) is 66.9 Å². The number of amides is 1. The van der Waals surface area contributed by atoms with Crippen LogP contribution in [0.15, 0.2) is 18.2 Å². The zero-order valence-corrected chi connectivity index (χ0v) is 19.0. The van der Waals surface area contributed by atoms with Gasteiger partial charge in [-0.1, -0.05) is 12.1 Å². The molecule has 160 valence electrons. The number of carbonyl (C=O) groups excluding carboxylic acids is 1. The van der Waals surface area contributed by atoms with Gasteiger partial charge in [-0.2, -0.15) is 0 Å². The molecule has 0 unspecified atom stereocenters. The third-order valence-electron chi connectivity index (χ3n) is 5.79. The van der Waals surface area contributed by atoms with Gasteiger partial charge in [-0.05, 0) is 72.8 Å². The van der Waals surface area contributed by atoms with Gasteiger partial charge in [0.05, 0.1) is 24.9 Å². The predicted octanol–water partition coefficient (Wildman–Crippen LogP) is 3.89. The van der Waals surface area contributed by atoms with Crippen LogP contribution in [0.4, 0.5) is 4.79 Å². The average molecular weight is 403 g/mol. The van der Waals surface area contributed by atoms with Gasteiger partial charge in [-0.3, -0.25) is 0 Å². The summed E-state index contributed by atoms with van der Waals surface area (Å²) in [5, 5.41) is 0. The first-order valence-electron chi connectivity index (χ1n) is 10.3. The van der Waals surface area contributed by atoms with E-state index in [1.165, 1.54) is 0 Å². The molecule has 0 spiro atoms. The first kappa shape index (κ1) is 22.0. The summed E-state index contributed by atoms with van der Waals surface area (Å²) in [4.78, 5) is 14.5. The summed E-state index contributed by atoms with van der Waals surface area (Å²) in [6.07, 6.45) is 1.73. The summed E-state index contributed by atoms with van der Waals surface area (Å²) >= 11 is 0. The summed E-state index contributed by atoms with van der Waals surface area (Å²) in [5.41, 5.74) is 0.520.